The molecule has 1 aliphatic heterocycles. The first kappa shape index (κ1) is 9.98. The average Bonchev–Trinajstić information content (AvgIpc) is 2.66. The molecule has 2 N–H and O–H groups in total. The lowest BCUT2D eigenvalue weighted by Crippen LogP contribution is -2.29. The van der Waals surface area contributed by atoms with Gasteiger partial charge in [-0.15, -0.1) is 0 Å². The maximum atomic E-state index is 11.5. The van der Waals surface area contributed by atoms with Gasteiger partial charge in [0.15, 0.2) is 0 Å². The summed E-state index contributed by atoms with van der Waals surface area (Å²) in [6, 6.07) is 7.97. The molecule has 1 aromatic carbocycles. The van der Waals surface area contributed by atoms with Crippen LogP contribution in [-0.2, 0) is 6.54 Å². The van der Waals surface area contributed by atoms with Crippen molar-refractivity contribution in [1.29, 1.82) is 0 Å². The zero-order chi connectivity index (χ0) is 10.7. The van der Waals surface area contributed by atoms with E-state index in [4.69, 9.17) is 0 Å². The number of anilines is 1. The Morgan fingerprint density at radius 1 is 1.47 bits per heavy atom. The predicted octanol–water partition coefficient (Wildman–Crippen LogP) is 0.936. The molecule has 1 saturated heterocycles. The van der Waals surface area contributed by atoms with Gasteiger partial charge in [0.2, 0.25) is 0 Å². The van der Waals surface area contributed by atoms with Gasteiger partial charge in [0, 0.05) is 25.3 Å². The zero-order valence-corrected chi connectivity index (χ0v) is 8.79. The van der Waals surface area contributed by atoms with Gasteiger partial charge in [-0.2, -0.15) is 0 Å². The van der Waals surface area contributed by atoms with E-state index in [-0.39, 0.29) is 6.03 Å². The molecular weight excluding hydrogens is 190 g/mol. The van der Waals surface area contributed by atoms with E-state index in [1.807, 2.05) is 31.3 Å². The van der Waals surface area contributed by atoms with E-state index >= 15 is 0 Å². The number of para-hydroxylation sites is 1. The molecule has 0 saturated carbocycles. The minimum absolute atomic E-state index is 0.00134. The third kappa shape index (κ3) is 1.94. The first-order valence-electron chi connectivity index (χ1n) is 5.11. The van der Waals surface area contributed by atoms with Crippen LogP contribution in [0.3, 0.4) is 0 Å². The fraction of sp³-hybridized carbons (Fsp3) is 0.364. The molecule has 0 radical (unpaired) electrons. The zero-order valence-electron chi connectivity index (χ0n) is 8.79. The van der Waals surface area contributed by atoms with Gasteiger partial charge < -0.3 is 10.6 Å². The SMILES string of the molecule is CNCc1ccccc1N1CCNC1=O. The molecule has 2 amide bonds. The number of carbonyl (C=O) groups excluding carboxylic acids is 1. The van der Waals surface area contributed by atoms with Crippen LogP contribution in [0.2, 0.25) is 0 Å². The third-order valence-corrected chi connectivity index (χ3v) is 2.51. The van der Waals surface area contributed by atoms with Gasteiger partial charge >= 0.3 is 6.03 Å². The summed E-state index contributed by atoms with van der Waals surface area (Å²) >= 11 is 0. The van der Waals surface area contributed by atoms with Crippen LogP contribution in [0, 0.1) is 0 Å². The standard InChI is InChI=1S/C11H15N3O/c1-12-8-9-4-2-3-5-10(9)14-7-6-13-11(14)15/h2-5,12H,6-8H2,1H3,(H,13,15). The van der Waals surface area contributed by atoms with Crippen molar-refractivity contribution in [3.8, 4) is 0 Å². The molecule has 1 aromatic rings. The second-order valence-electron chi connectivity index (χ2n) is 3.54. The molecular formula is C11H15N3O. The molecule has 4 nitrogen and oxygen atoms in total. The van der Waals surface area contributed by atoms with Crippen molar-refractivity contribution >= 4 is 11.7 Å². The smallest absolute Gasteiger partial charge is 0.322 e. The quantitative estimate of drug-likeness (QED) is 0.771. The monoisotopic (exact) mass is 205 g/mol. The van der Waals surface area contributed by atoms with Crippen LogP contribution in [0.5, 0.6) is 0 Å². The highest BCUT2D eigenvalue weighted by atomic mass is 16.2. The van der Waals surface area contributed by atoms with Crippen molar-refractivity contribution in [3.63, 3.8) is 0 Å². The third-order valence-electron chi connectivity index (χ3n) is 2.51. The molecule has 1 fully saturated rings. The summed E-state index contributed by atoms with van der Waals surface area (Å²) in [7, 11) is 1.90. The molecule has 0 aliphatic carbocycles. The second kappa shape index (κ2) is 4.31. The number of nitrogens with zero attached hydrogens (tertiary/aromatic N) is 1. The Morgan fingerprint density at radius 2 is 2.27 bits per heavy atom. The van der Waals surface area contributed by atoms with Crippen LogP contribution in [-0.4, -0.2) is 26.2 Å². The highest BCUT2D eigenvalue weighted by molar-refractivity contribution is 5.94. The summed E-state index contributed by atoms with van der Waals surface area (Å²) in [5.41, 5.74) is 2.15. The minimum atomic E-state index is -0.00134. The minimum Gasteiger partial charge on any atom is -0.336 e. The first-order chi connectivity index (χ1) is 7.33. The lowest BCUT2D eigenvalue weighted by molar-refractivity contribution is 0.252. The number of urea groups is 1. The van der Waals surface area contributed by atoms with Crippen LogP contribution < -0.4 is 15.5 Å². The summed E-state index contributed by atoms with van der Waals surface area (Å²) in [6.45, 7) is 2.26. The largest absolute Gasteiger partial charge is 0.336 e. The Bertz CT molecular complexity index is 365. The van der Waals surface area contributed by atoms with Crippen molar-refractivity contribution in [2.24, 2.45) is 0 Å². The Hall–Kier alpha value is -1.55. The molecule has 0 bridgehead atoms. The van der Waals surface area contributed by atoms with Crippen LogP contribution in [0.1, 0.15) is 5.56 Å². The Labute approximate surface area is 89.3 Å². The van der Waals surface area contributed by atoms with Gasteiger partial charge in [-0.3, -0.25) is 4.90 Å². The van der Waals surface area contributed by atoms with Gasteiger partial charge in [0.05, 0.1) is 0 Å². The number of nitrogens with one attached hydrogen (secondary N) is 2. The molecule has 0 atom stereocenters. The van der Waals surface area contributed by atoms with Crippen LogP contribution >= 0.6 is 0 Å². The first-order valence-corrected chi connectivity index (χ1v) is 5.11. The van der Waals surface area contributed by atoms with Gasteiger partial charge in [-0.25, -0.2) is 4.79 Å². The maximum Gasteiger partial charge on any atom is 0.322 e. The van der Waals surface area contributed by atoms with Crippen LogP contribution in [0.25, 0.3) is 0 Å². The number of rotatable bonds is 3. The second-order valence-corrected chi connectivity index (χ2v) is 3.54. The molecule has 2 rings (SSSR count). The number of carbonyl (C=O) groups is 1. The van der Waals surface area contributed by atoms with Gasteiger partial charge in [0.1, 0.15) is 0 Å². The van der Waals surface area contributed by atoms with Crippen molar-refractivity contribution in [2.75, 3.05) is 25.0 Å². The van der Waals surface area contributed by atoms with E-state index < -0.39 is 0 Å². The molecule has 1 heterocycles. The van der Waals surface area contributed by atoms with Crippen molar-refractivity contribution in [1.82, 2.24) is 10.6 Å². The van der Waals surface area contributed by atoms with E-state index in [1.54, 1.807) is 4.90 Å². The van der Waals surface area contributed by atoms with Crippen molar-refractivity contribution in [2.45, 2.75) is 6.54 Å². The van der Waals surface area contributed by atoms with Crippen molar-refractivity contribution < 1.29 is 4.79 Å². The summed E-state index contributed by atoms with van der Waals surface area (Å²) in [5, 5.41) is 5.91. The van der Waals surface area contributed by atoms with E-state index in [2.05, 4.69) is 10.6 Å². The number of benzene rings is 1. The van der Waals surface area contributed by atoms with Gasteiger partial charge in [-0.1, -0.05) is 18.2 Å². The predicted molar refractivity (Wildman–Crippen MR) is 60.0 cm³/mol. The Kier molecular flexibility index (Phi) is 2.87. The molecule has 4 heteroatoms. The van der Waals surface area contributed by atoms with Crippen LogP contribution in [0.15, 0.2) is 24.3 Å². The molecule has 0 spiro atoms. The summed E-state index contributed by atoms with van der Waals surface area (Å²) < 4.78 is 0. The van der Waals surface area contributed by atoms with Crippen molar-refractivity contribution in [3.05, 3.63) is 29.8 Å². The molecule has 0 unspecified atom stereocenters. The summed E-state index contributed by atoms with van der Waals surface area (Å²) in [4.78, 5) is 13.3. The fourth-order valence-corrected chi connectivity index (χ4v) is 1.82. The fourth-order valence-electron chi connectivity index (χ4n) is 1.82. The highest BCUT2D eigenvalue weighted by Crippen LogP contribution is 2.21. The van der Waals surface area contributed by atoms with Gasteiger partial charge in [0.25, 0.3) is 0 Å². The summed E-state index contributed by atoms with van der Waals surface area (Å²) in [5.74, 6) is 0. The molecule has 0 aromatic heterocycles. The highest BCUT2D eigenvalue weighted by Gasteiger charge is 2.22. The van der Waals surface area contributed by atoms with E-state index in [9.17, 15) is 4.79 Å². The Morgan fingerprint density at radius 3 is 2.93 bits per heavy atom. The van der Waals surface area contributed by atoms with Gasteiger partial charge in [-0.05, 0) is 18.7 Å². The average molecular weight is 205 g/mol. The molecule has 80 valence electrons. The van der Waals surface area contributed by atoms with E-state index in [0.29, 0.717) is 0 Å². The number of amides is 2. The number of hydrogen-bond donors (Lipinski definition) is 2. The normalized spacial score (nSPS) is 15.5. The van der Waals surface area contributed by atoms with Crippen LogP contribution in [0.4, 0.5) is 10.5 Å². The van der Waals surface area contributed by atoms with E-state index in [0.717, 1.165) is 30.9 Å². The summed E-state index contributed by atoms with van der Waals surface area (Å²) in [6.07, 6.45) is 0. The Balaban J connectivity index is 2.29. The lowest BCUT2D eigenvalue weighted by Gasteiger charge is -2.18. The lowest BCUT2D eigenvalue weighted by atomic mass is 10.1. The van der Waals surface area contributed by atoms with E-state index in [1.165, 1.54) is 0 Å². The molecule has 1 aliphatic rings. The topological polar surface area (TPSA) is 44.4 Å². The molecule has 15 heavy (non-hydrogen) atoms. The maximum absolute atomic E-state index is 11.5. The number of hydrogen-bond acceptors (Lipinski definition) is 2.